The molecule has 18 heteroatoms. The van der Waals surface area contributed by atoms with Gasteiger partial charge in [-0.25, -0.2) is 4.79 Å². The fourth-order valence-corrected chi connectivity index (χ4v) is 8.01. The van der Waals surface area contributed by atoms with Gasteiger partial charge in [-0.2, -0.15) is 0 Å². The number of rotatable bonds is 26. The van der Waals surface area contributed by atoms with Crippen molar-refractivity contribution in [2.24, 2.45) is 0 Å². The number of likely N-dealkylation sites (N-methyl/N-ethyl adjacent to an activating group) is 2. The van der Waals surface area contributed by atoms with E-state index in [1.807, 2.05) is 37.4 Å². The summed E-state index contributed by atoms with van der Waals surface area (Å²) in [5.74, 6) is -0.613. The molecule has 0 spiro atoms. The number of nitro groups is 1. The first-order chi connectivity index (χ1) is 34.4. The standard InChI is InChI=1S/C53H64N8O10/c1-5-60(6-2)43-19-22-48(46(37-43)49-36-40(23-24-54-49)51(63)56-47-16-10-12-38-11-7-8-15-45(38)47)57-50(62)39-13-9-14-41(35-39)52(64)59(4)27-26-58(3)28-30-69-32-34-70-33-31-68-29-25-55-53(65)71-44-20-17-42(18-21-44)61(66)67/h7-9,11,13-15,17-24,35-37,47H,5-6,10,12,16,25-34H2,1-4H3,(H,55,65)(H,56,63)(H,57,62). The molecule has 4 amide bonds. The van der Waals surface area contributed by atoms with Gasteiger partial charge in [0.15, 0.2) is 0 Å². The molecular formula is C53H64N8O10. The largest absolute Gasteiger partial charge is 0.412 e. The summed E-state index contributed by atoms with van der Waals surface area (Å²) in [5.41, 5.74) is 6.16. The van der Waals surface area contributed by atoms with Crippen LogP contribution in [0.2, 0.25) is 0 Å². The molecular weight excluding hydrogens is 909 g/mol. The van der Waals surface area contributed by atoms with Gasteiger partial charge in [0.05, 0.1) is 62.0 Å². The first-order valence-corrected chi connectivity index (χ1v) is 24.0. The van der Waals surface area contributed by atoms with Crippen molar-refractivity contribution in [3.8, 4) is 17.0 Å². The number of fused-ring (bicyclic) bond motifs is 1. The highest BCUT2D eigenvalue weighted by Crippen LogP contribution is 2.33. The quantitative estimate of drug-likeness (QED) is 0.0281. The van der Waals surface area contributed by atoms with E-state index in [1.165, 1.54) is 29.8 Å². The van der Waals surface area contributed by atoms with Crippen LogP contribution in [0, 0.1) is 10.1 Å². The maximum atomic E-state index is 13.9. The van der Waals surface area contributed by atoms with Crippen LogP contribution in [0.1, 0.15) is 74.9 Å². The molecule has 0 bridgehead atoms. The Bertz CT molecular complexity index is 2570. The number of anilines is 2. The predicted octanol–water partition coefficient (Wildman–Crippen LogP) is 7.40. The van der Waals surface area contributed by atoms with E-state index in [0.717, 1.165) is 43.6 Å². The molecule has 0 aliphatic heterocycles. The number of pyridine rings is 1. The van der Waals surface area contributed by atoms with Crippen LogP contribution in [0.15, 0.2) is 109 Å². The zero-order valence-corrected chi connectivity index (χ0v) is 40.9. The summed E-state index contributed by atoms with van der Waals surface area (Å²) in [5, 5.41) is 19.6. The van der Waals surface area contributed by atoms with Crippen LogP contribution in [0.3, 0.4) is 0 Å². The number of carbonyl (C=O) groups is 4. The smallest absolute Gasteiger partial charge is 0.410 e. The zero-order valence-electron chi connectivity index (χ0n) is 40.9. The summed E-state index contributed by atoms with van der Waals surface area (Å²) in [6.45, 7) is 9.79. The number of hydrogen-bond donors (Lipinski definition) is 3. The number of nitrogens with one attached hydrogen (secondary N) is 3. The van der Waals surface area contributed by atoms with Crippen LogP contribution in [-0.2, 0) is 20.6 Å². The number of carbonyl (C=O) groups excluding carboxylic acids is 4. The number of ether oxygens (including phenoxy) is 4. The zero-order chi connectivity index (χ0) is 50.5. The summed E-state index contributed by atoms with van der Waals surface area (Å²) in [7, 11) is 3.68. The van der Waals surface area contributed by atoms with Crippen LogP contribution in [0.25, 0.3) is 11.3 Å². The molecule has 0 radical (unpaired) electrons. The summed E-state index contributed by atoms with van der Waals surface area (Å²) in [4.78, 5) is 73.9. The van der Waals surface area contributed by atoms with Crippen LogP contribution < -0.4 is 25.6 Å². The Morgan fingerprint density at radius 1 is 0.746 bits per heavy atom. The second-order valence-electron chi connectivity index (χ2n) is 16.9. The summed E-state index contributed by atoms with van der Waals surface area (Å²) in [6, 6.07) is 29.3. The monoisotopic (exact) mass is 972 g/mol. The van der Waals surface area contributed by atoms with Crippen molar-refractivity contribution in [2.75, 3.05) is 103 Å². The van der Waals surface area contributed by atoms with Gasteiger partial charge in [0.2, 0.25) is 0 Å². The lowest BCUT2D eigenvalue weighted by atomic mass is 9.87. The molecule has 5 aromatic rings. The van der Waals surface area contributed by atoms with E-state index in [1.54, 1.807) is 54.5 Å². The van der Waals surface area contributed by atoms with Crippen LogP contribution in [-0.4, -0.2) is 137 Å². The molecule has 0 saturated heterocycles. The minimum absolute atomic E-state index is 0.0787. The fraction of sp³-hybridized carbons (Fsp3) is 0.377. The summed E-state index contributed by atoms with van der Waals surface area (Å²) >= 11 is 0. The van der Waals surface area contributed by atoms with Crippen molar-refractivity contribution in [3.63, 3.8) is 0 Å². The van der Waals surface area contributed by atoms with Crippen molar-refractivity contribution in [1.29, 1.82) is 0 Å². The molecule has 0 saturated carbocycles. The third-order valence-corrected chi connectivity index (χ3v) is 12.0. The summed E-state index contributed by atoms with van der Waals surface area (Å²) in [6.07, 6.45) is 3.79. The van der Waals surface area contributed by atoms with Crippen molar-refractivity contribution in [1.82, 2.24) is 25.4 Å². The van der Waals surface area contributed by atoms with Gasteiger partial charge in [-0.1, -0.05) is 30.3 Å². The van der Waals surface area contributed by atoms with Gasteiger partial charge >= 0.3 is 6.09 Å². The highest BCUT2D eigenvalue weighted by molar-refractivity contribution is 6.08. The van der Waals surface area contributed by atoms with E-state index in [0.29, 0.717) is 86.3 Å². The van der Waals surface area contributed by atoms with Crippen molar-refractivity contribution in [2.45, 2.75) is 39.2 Å². The number of benzene rings is 4. The van der Waals surface area contributed by atoms with Gasteiger partial charge in [-0.3, -0.25) is 29.5 Å². The number of nitrogens with zero attached hydrogens (tertiary/aromatic N) is 5. The molecule has 1 aliphatic rings. The number of amides is 4. The SMILES string of the molecule is CCN(CC)c1ccc(NC(=O)c2cccc(C(=O)N(C)CCN(C)CCOCCOCCOCCNC(=O)Oc3ccc([N+](=O)[O-])cc3)c2)c(-c2cc(C(=O)NC3CCCc4ccccc43)ccn2)c1. The van der Waals surface area contributed by atoms with E-state index in [4.69, 9.17) is 18.9 Å². The third-order valence-electron chi connectivity index (χ3n) is 12.0. The van der Waals surface area contributed by atoms with E-state index in [2.05, 4.69) is 56.7 Å². The minimum Gasteiger partial charge on any atom is -0.410 e. The van der Waals surface area contributed by atoms with Crippen LogP contribution in [0.4, 0.5) is 21.9 Å². The highest BCUT2D eigenvalue weighted by atomic mass is 16.6. The maximum Gasteiger partial charge on any atom is 0.412 e. The lowest BCUT2D eigenvalue weighted by Crippen LogP contribution is -2.36. The molecule has 71 heavy (non-hydrogen) atoms. The maximum absolute atomic E-state index is 13.9. The van der Waals surface area contributed by atoms with Gasteiger partial charge in [-0.15, -0.1) is 0 Å². The molecule has 4 aromatic carbocycles. The van der Waals surface area contributed by atoms with E-state index >= 15 is 0 Å². The van der Waals surface area contributed by atoms with Gasteiger partial charge < -0.3 is 49.6 Å². The average molecular weight is 973 g/mol. The van der Waals surface area contributed by atoms with Gasteiger partial charge in [-0.05, 0) is 112 Å². The minimum atomic E-state index is -0.696. The molecule has 0 fully saturated rings. The normalized spacial score (nSPS) is 12.9. The Labute approximate surface area is 414 Å². The molecule has 3 N–H and O–H groups in total. The Morgan fingerprint density at radius 2 is 1.45 bits per heavy atom. The molecule has 1 unspecified atom stereocenters. The van der Waals surface area contributed by atoms with E-state index < -0.39 is 16.9 Å². The predicted molar refractivity (Wildman–Crippen MR) is 271 cm³/mol. The lowest BCUT2D eigenvalue weighted by molar-refractivity contribution is -0.384. The first kappa shape index (κ1) is 53.1. The second kappa shape index (κ2) is 27.2. The van der Waals surface area contributed by atoms with Gasteiger partial charge in [0.25, 0.3) is 23.4 Å². The van der Waals surface area contributed by atoms with Crippen LogP contribution >= 0.6 is 0 Å². The lowest BCUT2D eigenvalue weighted by Gasteiger charge is -2.26. The van der Waals surface area contributed by atoms with E-state index in [-0.39, 0.29) is 42.4 Å². The molecule has 1 atom stereocenters. The first-order valence-electron chi connectivity index (χ1n) is 24.0. The number of nitro benzene ring substituents is 1. The van der Waals surface area contributed by atoms with Crippen molar-refractivity contribution >= 4 is 40.9 Å². The van der Waals surface area contributed by atoms with Gasteiger partial charge in [0.1, 0.15) is 5.75 Å². The Morgan fingerprint density at radius 3 is 2.20 bits per heavy atom. The Kier molecular flexibility index (Phi) is 20.4. The molecule has 1 aromatic heterocycles. The van der Waals surface area contributed by atoms with E-state index in [9.17, 15) is 29.3 Å². The number of aromatic nitrogens is 1. The number of hydrogen-bond acceptors (Lipinski definition) is 13. The topological polar surface area (TPSA) is 207 Å². The van der Waals surface area contributed by atoms with Crippen molar-refractivity contribution in [3.05, 3.63) is 147 Å². The Balaban J connectivity index is 0.918. The number of non-ortho nitro benzene ring substituents is 1. The molecule has 376 valence electrons. The number of aryl methyl sites for hydroxylation is 1. The third kappa shape index (κ3) is 15.9. The highest BCUT2D eigenvalue weighted by Gasteiger charge is 2.23. The van der Waals surface area contributed by atoms with Crippen molar-refractivity contribution < 1.29 is 43.0 Å². The summed E-state index contributed by atoms with van der Waals surface area (Å²) < 4.78 is 21.8. The average Bonchev–Trinajstić information content (AvgIpc) is 3.39. The molecule has 1 heterocycles. The Hall–Kier alpha value is -7.25. The molecule has 6 rings (SSSR count). The molecule has 1 aliphatic carbocycles. The van der Waals surface area contributed by atoms with Crippen LogP contribution in [0.5, 0.6) is 5.75 Å². The van der Waals surface area contributed by atoms with Gasteiger partial charge in [0, 0.05) is 92.6 Å². The second-order valence-corrected chi connectivity index (χ2v) is 16.9. The fourth-order valence-electron chi connectivity index (χ4n) is 8.01. The molecule has 18 nitrogen and oxygen atoms in total.